The smallest absolute Gasteiger partial charge is 0.0366 e. The summed E-state index contributed by atoms with van der Waals surface area (Å²) in [5.74, 6) is 0.892. The van der Waals surface area contributed by atoms with Crippen molar-refractivity contribution in [2.75, 3.05) is 18.0 Å². The largest absolute Gasteiger partial charge is 0.372 e. The van der Waals surface area contributed by atoms with Gasteiger partial charge in [-0.05, 0) is 49.8 Å². The lowest BCUT2D eigenvalue weighted by atomic mass is 9.98. The third kappa shape index (κ3) is 3.47. The van der Waals surface area contributed by atoms with Crippen LogP contribution in [-0.2, 0) is 6.42 Å². The summed E-state index contributed by atoms with van der Waals surface area (Å²) in [5.41, 5.74) is 8.52. The normalized spacial score (nSPS) is 19.4. The van der Waals surface area contributed by atoms with Gasteiger partial charge in [-0.25, -0.2) is 0 Å². The van der Waals surface area contributed by atoms with Gasteiger partial charge in [-0.2, -0.15) is 0 Å². The first-order valence-corrected chi connectivity index (χ1v) is 6.74. The third-order valence-electron chi connectivity index (χ3n) is 3.64. The Labute approximate surface area is 105 Å². The molecular weight excluding hydrogens is 208 g/mol. The van der Waals surface area contributed by atoms with Gasteiger partial charge in [0.25, 0.3) is 0 Å². The number of nitrogens with zero attached hydrogens (tertiary/aromatic N) is 1. The van der Waals surface area contributed by atoms with E-state index in [0.29, 0.717) is 0 Å². The van der Waals surface area contributed by atoms with Crippen molar-refractivity contribution < 1.29 is 0 Å². The highest BCUT2D eigenvalue weighted by Crippen LogP contribution is 2.23. The number of hydrogen-bond donors (Lipinski definition) is 1. The van der Waals surface area contributed by atoms with Gasteiger partial charge in [-0.15, -0.1) is 0 Å². The Hall–Kier alpha value is -1.02. The van der Waals surface area contributed by atoms with Crippen molar-refractivity contribution in [1.82, 2.24) is 0 Å². The fourth-order valence-corrected chi connectivity index (χ4v) is 2.48. The van der Waals surface area contributed by atoms with Gasteiger partial charge in [0, 0.05) is 24.8 Å². The molecule has 0 bridgehead atoms. The number of anilines is 1. The van der Waals surface area contributed by atoms with E-state index < -0.39 is 0 Å². The summed E-state index contributed by atoms with van der Waals surface area (Å²) in [4.78, 5) is 2.50. The molecule has 2 heteroatoms. The Kier molecular flexibility index (Phi) is 4.06. The van der Waals surface area contributed by atoms with E-state index in [1.54, 1.807) is 0 Å². The van der Waals surface area contributed by atoms with E-state index in [2.05, 4.69) is 43.0 Å². The lowest BCUT2D eigenvalue weighted by Crippen LogP contribution is -2.32. The first-order chi connectivity index (χ1) is 8.15. The minimum absolute atomic E-state index is 0.247. The van der Waals surface area contributed by atoms with Gasteiger partial charge in [0.1, 0.15) is 0 Å². The number of benzene rings is 1. The first-order valence-electron chi connectivity index (χ1n) is 6.74. The van der Waals surface area contributed by atoms with E-state index in [9.17, 15) is 0 Å². The lowest BCUT2D eigenvalue weighted by molar-refractivity contribution is 0.438. The van der Waals surface area contributed by atoms with Crippen LogP contribution in [0, 0.1) is 5.92 Å². The molecule has 0 radical (unpaired) electrons. The molecule has 1 aliphatic heterocycles. The Bertz CT molecular complexity index is 334. The molecule has 1 aromatic carbocycles. The van der Waals surface area contributed by atoms with Crippen LogP contribution < -0.4 is 10.6 Å². The van der Waals surface area contributed by atoms with Gasteiger partial charge in [-0.3, -0.25) is 0 Å². The van der Waals surface area contributed by atoms with E-state index in [0.717, 1.165) is 12.3 Å². The van der Waals surface area contributed by atoms with E-state index in [1.807, 2.05) is 0 Å². The van der Waals surface area contributed by atoms with Crippen molar-refractivity contribution in [1.29, 1.82) is 0 Å². The zero-order chi connectivity index (χ0) is 12.3. The van der Waals surface area contributed by atoms with Gasteiger partial charge >= 0.3 is 0 Å². The molecule has 2 N–H and O–H groups in total. The molecular formula is C15H24N2. The van der Waals surface area contributed by atoms with Crippen LogP contribution in [0.4, 0.5) is 5.69 Å². The molecule has 1 atom stereocenters. The van der Waals surface area contributed by atoms with Crippen LogP contribution in [0.3, 0.4) is 0 Å². The van der Waals surface area contributed by atoms with Crippen molar-refractivity contribution in [2.45, 2.75) is 39.2 Å². The van der Waals surface area contributed by atoms with Gasteiger partial charge < -0.3 is 10.6 Å². The number of rotatable bonds is 3. The molecule has 1 aliphatic rings. The molecule has 1 unspecified atom stereocenters. The molecule has 17 heavy (non-hydrogen) atoms. The average Bonchev–Trinajstić information content (AvgIpc) is 2.30. The molecule has 1 saturated heterocycles. The van der Waals surface area contributed by atoms with Crippen LogP contribution in [-0.4, -0.2) is 19.1 Å². The Morgan fingerprint density at radius 2 is 1.82 bits per heavy atom. The predicted molar refractivity (Wildman–Crippen MR) is 74.4 cm³/mol. The summed E-state index contributed by atoms with van der Waals surface area (Å²) in [5, 5.41) is 0. The van der Waals surface area contributed by atoms with Crippen LogP contribution in [0.1, 0.15) is 32.3 Å². The Morgan fingerprint density at radius 1 is 1.24 bits per heavy atom. The third-order valence-corrected chi connectivity index (χ3v) is 3.64. The fraction of sp³-hybridized carbons (Fsp3) is 0.600. The molecule has 2 nitrogen and oxygen atoms in total. The average molecular weight is 232 g/mol. The Balaban J connectivity index is 1.97. The van der Waals surface area contributed by atoms with Crippen molar-refractivity contribution in [3.63, 3.8) is 0 Å². The maximum absolute atomic E-state index is 5.81. The van der Waals surface area contributed by atoms with Crippen molar-refractivity contribution in [3.8, 4) is 0 Å². The highest BCUT2D eigenvalue weighted by atomic mass is 15.1. The summed E-state index contributed by atoms with van der Waals surface area (Å²) in [6.45, 7) is 6.81. The number of hydrogen-bond acceptors (Lipinski definition) is 2. The summed E-state index contributed by atoms with van der Waals surface area (Å²) in [6.07, 6.45) is 3.61. The summed E-state index contributed by atoms with van der Waals surface area (Å²) >= 11 is 0. The zero-order valence-electron chi connectivity index (χ0n) is 11.0. The van der Waals surface area contributed by atoms with Crippen LogP contribution in [0.15, 0.2) is 24.3 Å². The molecule has 94 valence electrons. The summed E-state index contributed by atoms with van der Waals surface area (Å²) in [6, 6.07) is 9.17. The van der Waals surface area contributed by atoms with Crippen LogP contribution in [0.2, 0.25) is 0 Å². The minimum Gasteiger partial charge on any atom is -0.372 e. The highest BCUT2D eigenvalue weighted by molar-refractivity contribution is 5.48. The molecule has 0 spiro atoms. The molecule has 0 aliphatic carbocycles. The lowest BCUT2D eigenvalue weighted by Gasteiger charge is -2.32. The zero-order valence-corrected chi connectivity index (χ0v) is 11.0. The van der Waals surface area contributed by atoms with Crippen LogP contribution >= 0.6 is 0 Å². The second kappa shape index (κ2) is 5.54. The van der Waals surface area contributed by atoms with Crippen LogP contribution in [0.5, 0.6) is 0 Å². The summed E-state index contributed by atoms with van der Waals surface area (Å²) in [7, 11) is 0. The quantitative estimate of drug-likeness (QED) is 0.868. The van der Waals surface area contributed by atoms with Crippen molar-refractivity contribution in [3.05, 3.63) is 29.8 Å². The maximum atomic E-state index is 5.81. The van der Waals surface area contributed by atoms with Gasteiger partial charge in [-0.1, -0.05) is 19.1 Å². The molecule has 0 saturated carbocycles. The monoisotopic (exact) mass is 232 g/mol. The number of nitrogens with two attached hydrogens (primary N) is 1. The fourth-order valence-electron chi connectivity index (χ4n) is 2.48. The van der Waals surface area contributed by atoms with E-state index in [1.165, 1.54) is 37.2 Å². The maximum Gasteiger partial charge on any atom is 0.0366 e. The van der Waals surface area contributed by atoms with Crippen molar-refractivity contribution in [2.24, 2.45) is 11.7 Å². The number of piperidine rings is 1. The second-order valence-electron chi connectivity index (χ2n) is 5.52. The molecule has 0 amide bonds. The highest BCUT2D eigenvalue weighted by Gasteiger charge is 2.15. The summed E-state index contributed by atoms with van der Waals surface area (Å²) < 4.78 is 0. The predicted octanol–water partition coefficient (Wildman–Crippen LogP) is 2.81. The molecule has 1 heterocycles. The Morgan fingerprint density at radius 3 is 2.35 bits per heavy atom. The topological polar surface area (TPSA) is 29.3 Å². The molecule has 1 aromatic rings. The molecule has 2 rings (SSSR count). The van der Waals surface area contributed by atoms with Crippen molar-refractivity contribution >= 4 is 5.69 Å². The molecule has 1 fully saturated rings. The standard InChI is InChI=1S/C15H24N2/c1-12-7-9-17(10-8-12)15-5-3-14(4-6-15)11-13(2)16/h3-6,12-13H,7-11,16H2,1-2H3. The van der Waals surface area contributed by atoms with E-state index in [4.69, 9.17) is 5.73 Å². The van der Waals surface area contributed by atoms with Gasteiger partial charge in [0.2, 0.25) is 0 Å². The second-order valence-corrected chi connectivity index (χ2v) is 5.52. The van der Waals surface area contributed by atoms with E-state index >= 15 is 0 Å². The van der Waals surface area contributed by atoms with E-state index in [-0.39, 0.29) is 6.04 Å². The first kappa shape index (κ1) is 12.4. The SMILES string of the molecule is CC(N)Cc1ccc(N2CCC(C)CC2)cc1. The molecule has 0 aromatic heterocycles. The minimum atomic E-state index is 0.247. The van der Waals surface area contributed by atoms with Crippen LogP contribution in [0.25, 0.3) is 0 Å². The van der Waals surface area contributed by atoms with Gasteiger partial charge in [0.05, 0.1) is 0 Å². The van der Waals surface area contributed by atoms with Gasteiger partial charge in [0.15, 0.2) is 0 Å².